The Bertz CT molecular complexity index is 1330. The monoisotopic (exact) mass is 567 g/mol. The number of nitrogens with zero attached hydrogens (tertiary/aromatic N) is 3. The molecule has 4 rings (SSSR count). The lowest BCUT2D eigenvalue weighted by Crippen LogP contribution is -2.44. The van der Waals surface area contributed by atoms with Crippen molar-refractivity contribution in [2.45, 2.75) is 44.9 Å². The SMILES string of the molecule is CCCS(=O)(=O)N1CC=C(c2ccc3nc(OC4CCN(S(=O)(=O)CC(F)(F)F)CC4)sc3c2)CC1. The molecule has 1 fully saturated rings. The average Bonchev–Trinajstić information content (AvgIpc) is 3.19. The van der Waals surface area contributed by atoms with Crippen molar-refractivity contribution < 1.29 is 34.7 Å². The standard InChI is InChI=1S/C22H28F3N3O5S3/c1-2-13-35(29,30)27-9-5-16(6-10-27)17-3-4-19-20(14-17)34-21(26-19)33-18-7-11-28(12-8-18)36(31,32)15-22(23,24)25/h3-5,14,18H,2,6-13,15H2,1H3. The molecule has 2 aliphatic heterocycles. The van der Waals surface area contributed by atoms with Gasteiger partial charge in [0.2, 0.25) is 20.0 Å². The van der Waals surface area contributed by atoms with E-state index in [0.29, 0.717) is 31.1 Å². The van der Waals surface area contributed by atoms with Crippen molar-refractivity contribution in [2.24, 2.45) is 0 Å². The van der Waals surface area contributed by atoms with E-state index in [2.05, 4.69) is 4.98 Å². The minimum absolute atomic E-state index is 0.0305. The zero-order valence-electron chi connectivity index (χ0n) is 19.7. The van der Waals surface area contributed by atoms with Crippen LogP contribution in [0.4, 0.5) is 13.2 Å². The minimum atomic E-state index is -4.77. The summed E-state index contributed by atoms with van der Waals surface area (Å²) in [5.41, 5.74) is 2.81. The molecule has 1 aromatic carbocycles. The van der Waals surface area contributed by atoms with Crippen molar-refractivity contribution in [3.63, 3.8) is 0 Å². The lowest BCUT2D eigenvalue weighted by molar-refractivity contribution is -0.107. The van der Waals surface area contributed by atoms with E-state index >= 15 is 0 Å². The van der Waals surface area contributed by atoms with Gasteiger partial charge in [0.05, 0.1) is 16.0 Å². The number of thiazole rings is 1. The number of aromatic nitrogens is 1. The van der Waals surface area contributed by atoms with Gasteiger partial charge in [-0.1, -0.05) is 30.4 Å². The van der Waals surface area contributed by atoms with E-state index in [1.165, 1.54) is 15.6 Å². The number of alkyl halides is 3. The third kappa shape index (κ3) is 6.57. The first kappa shape index (κ1) is 27.3. The van der Waals surface area contributed by atoms with Gasteiger partial charge in [0.1, 0.15) is 6.10 Å². The van der Waals surface area contributed by atoms with Crippen molar-refractivity contribution in [1.29, 1.82) is 0 Å². The summed E-state index contributed by atoms with van der Waals surface area (Å²) in [5, 5.41) is 0.424. The molecule has 200 valence electrons. The van der Waals surface area contributed by atoms with Crippen LogP contribution < -0.4 is 4.74 Å². The molecule has 14 heteroatoms. The zero-order valence-corrected chi connectivity index (χ0v) is 22.1. The number of hydrogen-bond acceptors (Lipinski definition) is 7. The van der Waals surface area contributed by atoms with E-state index < -0.39 is 32.0 Å². The van der Waals surface area contributed by atoms with Gasteiger partial charge in [0, 0.05) is 26.2 Å². The lowest BCUT2D eigenvalue weighted by atomic mass is 10.0. The molecule has 0 aliphatic carbocycles. The third-order valence-electron chi connectivity index (χ3n) is 6.17. The highest BCUT2D eigenvalue weighted by atomic mass is 32.2. The highest BCUT2D eigenvalue weighted by Gasteiger charge is 2.39. The normalized spacial score (nSPS) is 19.5. The molecule has 2 aliphatic rings. The fourth-order valence-electron chi connectivity index (χ4n) is 4.37. The maximum atomic E-state index is 12.5. The molecule has 1 aromatic heterocycles. The van der Waals surface area contributed by atoms with E-state index in [9.17, 15) is 30.0 Å². The Balaban J connectivity index is 1.38. The molecule has 0 unspecified atom stereocenters. The fourth-order valence-corrected chi connectivity index (χ4v) is 8.10. The Morgan fingerprint density at radius 1 is 1.08 bits per heavy atom. The summed E-state index contributed by atoms with van der Waals surface area (Å²) in [7, 11) is -7.62. The predicted octanol–water partition coefficient (Wildman–Crippen LogP) is 3.86. The fraction of sp³-hybridized carbons (Fsp3) is 0.591. The number of hydrogen-bond donors (Lipinski definition) is 0. The van der Waals surface area contributed by atoms with Crippen molar-refractivity contribution in [3.8, 4) is 5.19 Å². The second kappa shape index (κ2) is 10.6. The van der Waals surface area contributed by atoms with E-state index in [-0.39, 0.29) is 37.8 Å². The first-order valence-electron chi connectivity index (χ1n) is 11.7. The van der Waals surface area contributed by atoms with Crippen LogP contribution in [-0.2, 0) is 20.0 Å². The molecule has 36 heavy (non-hydrogen) atoms. The van der Waals surface area contributed by atoms with Gasteiger partial charge in [0.15, 0.2) is 5.75 Å². The molecular formula is C22H28F3N3O5S3. The number of ether oxygens (including phenoxy) is 1. The van der Waals surface area contributed by atoms with Gasteiger partial charge >= 0.3 is 6.18 Å². The van der Waals surface area contributed by atoms with Crippen LogP contribution in [0.5, 0.6) is 5.19 Å². The van der Waals surface area contributed by atoms with Crippen LogP contribution >= 0.6 is 11.3 Å². The molecule has 0 radical (unpaired) electrons. The van der Waals surface area contributed by atoms with Crippen LogP contribution in [0.15, 0.2) is 24.3 Å². The van der Waals surface area contributed by atoms with Crippen molar-refractivity contribution >= 4 is 47.2 Å². The Morgan fingerprint density at radius 3 is 2.42 bits per heavy atom. The number of benzene rings is 1. The molecule has 0 bridgehead atoms. The van der Waals surface area contributed by atoms with Crippen LogP contribution in [-0.4, -0.2) is 80.4 Å². The molecule has 0 atom stereocenters. The number of sulfonamides is 2. The highest BCUT2D eigenvalue weighted by Crippen LogP contribution is 2.34. The number of piperidine rings is 1. The molecule has 2 aromatic rings. The Labute approximate surface area is 212 Å². The largest absolute Gasteiger partial charge is 0.467 e. The molecule has 3 heterocycles. The lowest BCUT2D eigenvalue weighted by Gasteiger charge is -2.30. The summed E-state index contributed by atoms with van der Waals surface area (Å²) in [6, 6.07) is 5.81. The van der Waals surface area contributed by atoms with Gasteiger partial charge in [-0.3, -0.25) is 0 Å². The topological polar surface area (TPSA) is 96.9 Å². The van der Waals surface area contributed by atoms with Crippen molar-refractivity contribution in [1.82, 2.24) is 13.6 Å². The summed E-state index contributed by atoms with van der Waals surface area (Å²) in [5.74, 6) is -1.71. The Morgan fingerprint density at radius 2 is 1.81 bits per heavy atom. The predicted molar refractivity (Wildman–Crippen MR) is 133 cm³/mol. The summed E-state index contributed by atoms with van der Waals surface area (Å²) >= 11 is 1.35. The number of rotatable bonds is 8. The zero-order chi connectivity index (χ0) is 26.1. The quantitative estimate of drug-likeness (QED) is 0.481. The summed E-state index contributed by atoms with van der Waals surface area (Å²) in [6.45, 7) is 2.58. The average molecular weight is 568 g/mol. The van der Waals surface area contributed by atoms with Gasteiger partial charge < -0.3 is 4.74 Å². The molecule has 0 N–H and O–H groups in total. The summed E-state index contributed by atoms with van der Waals surface area (Å²) in [4.78, 5) is 4.48. The summed E-state index contributed by atoms with van der Waals surface area (Å²) < 4.78 is 95.4. The molecule has 1 saturated heterocycles. The van der Waals surface area contributed by atoms with Gasteiger partial charge in [-0.25, -0.2) is 26.1 Å². The first-order chi connectivity index (χ1) is 16.9. The number of fused-ring (bicyclic) bond motifs is 1. The van der Waals surface area contributed by atoms with Crippen LogP contribution in [0.3, 0.4) is 0 Å². The van der Waals surface area contributed by atoms with Crippen molar-refractivity contribution in [3.05, 3.63) is 29.8 Å². The van der Waals surface area contributed by atoms with Gasteiger partial charge in [-0.05, 0) is 49.0 Å². The number of halogens is 3. The van der Waals surface area contributed by atoms with E-state index in [0.717, 1.165) is 25.7 Å². The van der Waals surface area contributed by atoms with E-state index in [1.54, 1.807) is 0 Å². The van der Waals surface area contributed by atoms with Crippen LogP contribution in [0.1, 0.15) is 38.2 Å². The van der Waals surface area contributed by atoms with Crippen LogP contribution in [0.25, 0.3) is 15.8 Å². The van der Waals surface area contributed by atoms with E-state index in [4.69, 9.17) is 4.74 Å². The molecule has 0 spiro atoms. The van der Waals surface area contributed by atoms with Gasteiger partial charge in [-0.2, -0.15) is 17.5 Å². The second-order valence-electron chi connectivity index (χ2n) is 8.90. The smallest absolute Gasteiger partial charge is 0.404 e. The van der Waals surface area contributed by atoms with Crippen LogP contribution in [0.2, 0.25) is 0 Å². The van der Waals surface area contributed by atoms with Gasteiger partial charge in [-0.15, -0.1) is 0 Å². The Hall–Kier alpha value is -1.74. The second-order valence-corrected chi connectivity index (χ2v) is 14.0. The highest BCUT2D eigenvalue weighted by molar-refractivity contribution is 7.89. The molecule has 0 saturated carbocycles. The first-order valence-corrected chi connectivity index (χ1v) is 15.7. The van der Waals surface area contributed by atoms with E-state index in [1.807, 2.05) is 31.2 Å². The Kier molecular flexibility index (Phi) is 8.01. The third-order valence-corrected chi connectivity index (χ3v) is 11.0. The maximum Gasteiger partial charge on any atom is 0.404 e. The summed E-state index contributed by atoms with van der Waals surface area (Å²) in [6.07, 6.45) is -1.40. The van der Waals surface area contributed by atoms with Gasteiger partial charge in [0.25, 0.3) is 5.19 Å². The molecule has 8 nitrogen and oxygen atoms in total. The molecular weight excluding hydrogens is 539 g/mol. The minimum Gasteiger partial charge on any atom is -0.467 e. The van der Waals surface area contributed by atoms with Crippen molar-refractivity contribution in [2.75, 3.05) is 37.7 Å². The maximum absolute atomic E-state index is 12.5. The molecule has 0 amide bonds. The van der Waals surface area contributed by atoms with Crippen LogP contribution in [0, 0.1) is 0 Å².